The topological polar surface area (TPSA) is 96.5 Å². The predicted molar refractivity (Wildman–Crippen MR) is 43.4 cm³/mol. The van der Waals surface area contributed by atoms with E-state index in [1.165, 1.54) is 0 Å². The summed E-state index contributed by atoms with van der Waals surface area (Å²) in [4.78, 5) is 12.3. The van der Waals surface area contributed by atoms with Crippen LogP contribution in [0.1, 0.15) is 17.6 Å². The maximum atomic E-state index is 12.4. The molecule has 82 valence electrons. The van der Waals surface area contributed by atoms with Crippen LogP contribution in [0.2, 0.25) is 0 Å². The Bertz CT molecular complexity index is 397. The third-order valence-electron chi connectivity index (χ3n) is 1.73. The second-order valence-electron chi connectivity index (χ2n) is 2.58. The van der Waals surface area contributed by atoms with E-state index >= 15 is 0 Å². The highest BCUT2D eigenvalue weighted by Gasteiger charge is 2.29. The Labute approximate surface area is 82.0 Å². The lowest BCUT2D eigenvalue weighted by atomic mass is 10.1. The van der Waals surface area contributed by atoms with Crippen LogP contribution in [0, 0.1) is 10.1 Å². The molecule has 0 fully saturated rings. The smallest absolute Gasteiger partial charge is 0.373 e. The van der Waals surface area contributed by atoms with Gasteiger partial charge in [-0.3, -0.25) is 0 Å². The van der Waals surface area contributed by atoms with Crippen molar-refractivity contribution in [2.45, 2.75) is 13.0 Å². The number of hydrogen-bond donors (Lipinski definition) is 2. The normalized spacial score (nSPS) is 10.7. The summed E-state index contributed by atoms with van der Waals surface area (Å²) in [5.41, 5.74) is -1.63. The lowest BCUT2D eigenvalue weighted by Crippen LogP contribution is -2.04. The third-order valence-corrected chi connectivity index (χ3v) is 1.73. The predicted octanol–water partition coefficient (Wildman–Crippen LogP) is 1.13. The summed E-state index contributed by atoms with van der Waals surface area (Å²) < 4.78 is 24.9. The van der Waals surface area contributed by atoms with Gasteiger partial charge in [0.1, 0.15) is 5.56 Å². The number of aliphatic hydroxyl groups is 1. The highest BCUT2D eigenvalue weighted by Crippen LogP contribution is 2.34. The Kier molecular flexibility index (Phi) is 3.10. The van der Waals surface area contributed by atoms with E-state index in [4.69, 9.17) is 10.2 Å². The van der Waals surface area contributed by atoms with E-state index in [9.17, 15) is 18.9 Å². The summed E-state index contributed by atoms with van der Waals surface area (Å²) in [6.45, 7) is -0.922. The van der Waals surface area contributed by atoms with Crippen molar-refractivity contribution in [1.82, 2.24) is 4.98 Å². The minimum Gasteiger partial charge on any atom is -0.504 e. The van der Waals surface area contributed by atoms with Crippen LogP contribution in [0.25, 0.3) is 0 Å². The van der Waals surface area contributed by atoms with Gasteiger partial charge in [-0.2, -0.15) is 0 Å². The van der Waals surface area contributed by atoms with Crippen LogP contribution in [-0.2, 0) is 6.61 Å². The Hall–Kier alpha value is -1.83. The second-order valence-corrected chi connectivity index (χ2v) is 2.58. The van der Waals surface area contributed by atoms with Crippen molar-refractivity contribution in [3.8, 4) is 5.75 Å². The molecule has 0 aliphatic carbocycles. The van der Waals surface area contributed by atoms with Crippen molar-refractivity contribution in [3.63, 3.8) is 0 Å². The van der Waals surface area contributed by atoms with Crippen LogP contribution < -0.4 is 0 Å². The van der Waals surface area contributed by atoms with Crippen LogP contribution in [0.3, 0.4) is 0 Å². The third kappa shape index (κ3) is 1.99. The SMILES string of the molecule is O=[N+]([O-])c1ncc(O)c(CO)c1C(F)F. The number of halogens is 2. The minimum absolute atomic E-state index is 0.577. The highest BCUT2D eigenvalue weighted by atomic mass is 19.3. The molecule has 0 amide bonds. The maximum Gasteiger partial charge on any atom is 0.373 e. The first-order valence-corrected chi connectivity index (χ1v) is 3.73. The Morgan fingerprint density at radius 2 is 2.20 bits per heavy atom. The van der Waals surface area contributed by atoms with Crippen molar-refractivity contribution in [1.29, 1.82) is 0 Å². The van der Waals surface area contributed by atoms with Gasteiger partial charge in [-0.25, -0.2) is 8.78 Å². The van der Waals surface area contributed by atoms with E-state index in [0.717, 1.165) is 0 Å². The molecular formula is C7H6F2N2O4. The van der Waals surface area contributed by atoms with E-state index < -0.39 is 40.6 Å². The molecule has 0 aliphatic heterocycles. The molecule has 1 heterocycles. The number of alkyl halides is 2. The molecule has 2 N–H and O–H groups in total. The fourth-order valence-corrected chi connectivity index (χ4v) is 1.08. The molecule has 0 aliphatic rings. The fourth-order valence-electron chi connectivity index (χ4n) is 1.08. The molecule has 0 bridgehead atoms. The molecule has 1 aromatic heterocycles. The van der Waals surface area contributed by atoms with Crippen molar-refractivity contribution in [2.24, 2.45) is 0 Å². The molecule has 0 radical (unpaired) electrons. The number of hydrogen-bond acceptors (Lipinski definition) is 5. The number of aliphatic hydroxyl groups excluding tert-OH is 1. The average Bonchev–Trinajstić information content (AvgIpc) is 2.16. The second kappa shape index (κ2) is 4.13. The molecule has 0 unspecified atom stereocenters. The number of nitro groups is 1. The van der Waals surface area contributed by atoms with Gasteiger partial charge < -0.3 is 20.3 Å². The largest absolute Gasteiger partial charge is 0.504 e. The van der Waals surface area contributed by atoms with Crippen molar-refractivity contribution < 1.29 is 23.9 Å². The first-order chi connectivity index (χ1) is 6.99. The first-order valence-electron chi connectivity index (χ1n) is 3.73. The molecular weight excluding hydrogens is 214 g/mol. The molecule has 15 heavy (non-hydrogen) atoms. The average molecular weight is 220 g/mol. The van der Waals surface area contributed by atoms with Crippen LogP contribution in [0.15, 0.2) is 6.20 Å². The van der Waals surface area contributed by atoms with Gasteiger partial charge >= 0.3 is 5.82 Å². The Morgan fingerprint density at radius 1 is 1.60 bits per heavy atom. The van der Waals surface area contributed by atoms with Gasteiger partial charge in [-0.1, -0.05) is 0 Å². The van der Waals surface area contributed by atoms with E-state index in [1.807, 2.05) is 0 Å². The fraction of sp³-hybridized carbons (Fsp3) is 0.286. The Morgan fingerprint density at radius 3 is 2.60 bits per heavy atom. The Balaban J connectivity index is 3.49. The van der Waals surface area contributed by atoms with Gasteiger partial charge in [0, 0.05) is 5.56 Å². The van der Waals surface area contributed by atoms with Crippen LogP contribution in [-0.4, -0.2) is 20.1 Å². The molecule has 1 rings (SSSR count). The quantitative estimate of drug-likeness (QED) is 0.587. The molecule has 0 spiro atoms. The summed E-state index contributed by atoms with van der Waals surface area (Å²) in [6.07, 6.45) is -2.54. The van der Waals surface area contributed by atoms with Gasteiger partial charge in [0.15, 0.2) is 11.9 Å². The number of aromatic hydroxyl groups is 1. The van der Waals surface area contributed by atoms with Gasteiger partial charge in [0.2, 0.25) is 0 Å². The number of aromatic nitrogens is 1. The van der Waals surface area contributed by atoms with Crippen molar-refractivity contribution in [2.75, 3.05) is 0 Å². The first kappa shape index (κ1) is 11.2. The summed E-state index contributed by atoms with van der Waals surface area (Å²) in [6, 6.07) is 0. The summed E-state index contributed by atoms with van der Waals surface area (Å²) >= 11 is 0. The summed E-state index contributed by atoms with van der Waals surface area (Å²) in [5, 5.41) is 28.1. The van der Waals surface area contributed by atoms with E-state index in [0.29, 0.717) is 6.20 Å². The lowest BCUT2D eigenvalue weighted by molar-refractivity contribution is -0.391. The number of pyridine rings is 1. The zero-order chi connectivity index (χ0) is 11.6. The minimum atomic E-state index is -3.19. The van der Waals surface area contributed by atoms with Gasteiger partial charge in [0.05, 0.1) is 6.61 Å². The van der Waals surface area contributed by atoms with Gasteiger partial charge in [0.25, 0.3) is 6.43 Å². The molecule has 0 atom stereocenters. The van der Waals surface area contributed by atoms with Gasteiger partial charge in [-0.05, 0) is 9.91 Å². The van der Waals surface area contributed by atoms with Crippen LogP contribution in [0.5, 0.6) is 5.75 Å². The monoisotopic (exact) mass is 220 g/mol. The van der Waals surface area contributed by atoms with Crippen LogP contribution in [0.4, 0.5) is 14.6 Å². The molecule has 1 aromatic rings. The van der Waals surface area contributed by atoms with Crippen LogP contribution >= 0.6 is 0 Å². The molecule has 0 saturated carbocycles. The number of rotatable bonds is 3. The van der Waals surface area contributed by atoms with Crippen molar-refractivity contribution >= 4 is 5.82 Å². The van der Waals surface area contributed by atoms with E-state index in [2.05, 4.69) is 4.98 Å². The lowest BCUT2D eigenvalue weighted by Gasteiger charge is -2.07. The van der Waals surface area contributed by atoms with E-state index in [-0.39, 0.29) is 0 Å². The number of nitrogens with zero attached hydrogens (tertiary/aromatic N) is 2. The summed E-state index contributed by atoms with van der Waals surface area (Å²) in [5.74, 6) is -1.76. The molecule has 8 heteroatoms. The van der Waals surface area contributed by atoms with E-state index in [1.54, 1.807) is 0 Å². The van der Waals surface area contributed by atoms with Crippen molar-refractivity contribution in [3.05, 3.63) is 27.4 Å². The standard InChI is InChI=1S/C7H6F2N2O4/c8-6(9)5-3(2-12)4(13)1-10-7(5)11(14)15/h1,6,12-13H,2H2. The zero-order valence-corrected chi connectivity index (χ0v) is 7.22. The molecule has 6 nitrogen and oxygen atoms in total. The highest BCUT2D eigenvalue weighted by molar-refractivity contribution is 5.46. The molecule has 0 saturated heterocycles. The van der Waals surface area contributed by atoms with Gasteiger partial charge in [-0.15, -0.1) is 0 Å². The zero-order valence-electron chi connectivity index (χ0n) is 7.22. The molecule has 0 aromatic carbocycles. The summed E-state index contributed by atoms with van der Waals surface area (Å²) in [7, 11) is 0. The maximum absolute atomic E-state index is 12.4.